The molecular formula is C10H8ClN7. The zero-order valence-electron chi connectivity index (χ0n) is 9.18. The van der Waals surface area contributed by atoms with Crippen molar-refractivity contribution in [3.63, 3.8) is 0 Å². The molecule has 0 amide bonds. The summed E-state index contributed by atoms with van der Waals surface area (Å²) in [6, 6.07) is 5.32. The van der Waals surface area contributed by atoms with Crippen LogP contribution in [0.2, 0.25) is 5.15 Å². The largest absolute Gasteiger partial charge is 0.245 e. The van der Waals surface area contributed by atoms with Gasteiger partial charge in [0.15, 0.2) is 11.6 Å². The number of halogens is 1. The zero-order chi connectivity index (χ0) is 12.4. The molecule has 0 unspecified atom stereocenters. The Hall–Kier alpha value is -2.28. The smallest absolute Gasteiger partial charge is 0.172 e. The van der Waals surface area contributed by atoms with E-state index < -0.39 is 0 Å². The highest BCUT2D eigenvalue weighted by molar-refractivity contribution is 6.29. The molecule has 0 aliphatic carbocycles. The van der Waals surface area contributed by atoms with Crippen molar-refractivity contribution >= 4 is 11.6 Å². The molecular weight excluding hydrogens is 254 g/mol. The standard InChI is InChI=1S/C10H8ClN7/c11-8-2-1-3-10(15-8)18-7-13-9(16-18)4-17-6-12-5-14-17/h1-3,5-7H,4H2. The van der Waals surface area contributed by atoms with Gasteiger partial charge in [-0.05, 0) is 12.1 Å². The summed E-state index contributed by atoms with van der Waals surface area (Å²) in [7, 11) is 0. The Morgan fingerprint density at radius 3 is 2.94 bits per heavy atom. The zero-order valence-corrected chi connectivity index (χ0v) is 9.94. The molecule has 90 valence electrons. The molecule has 3 heterocycles. The Morgan fingerprint density at radius 1 is 1.22 bits per heavy atom. The lowest BCUT2D eigenvalue weighted by atomic mass is 10.5. The summed E-state index contributed by atoms with van der Waals surface area (Å²) in [4.78, 5) is 12.2. The Bertz CT molecular complexity index is 646. The highest BCUT2D eigenvalue weighted by Crippen LogP contribution is 2.08. The van der Waals surface area contributed by atoms with E-state index in [1.807, 2.05) is 6.07 Å². The third-order valence-electron chi connectivity index (χ3n) is 2.24. The van der Waals surface area contributed by atoms with E-state index >= 15 is 0 Å². The average molecular weight is 262 g/mol. The van der Waals surface area contributed by atoms with E-state index in [1.54, 1.807) is 34.2 Å². The normalized spacial score (nSPS) is 10.7. The Labute approximate surface area is 107 Å². The molecule has 0 fully saturated rings. The SMILES string of the molecule is Clc1cccc(-n2cnc(Cn3cncn3)n2)n1. The first-order valence-corrected chi connectivity index (χ1v) is 5.55. The van der Waals surface area contributed by atoms with Crippen LogP contribution in [0.4, 0.5) is 0 Å². The molecule has 0 spiro atoms. The topological polar surface area (TPSA) is 74.3 Å². The molecule has 0 bridgehead atoms. The van der Waals surface area contributed by atoms with Gasteiger partial charge in [-0.1, -0.05) is 17.7 Å². The van der Waals surface area contributed by atoms with Crippen LogP contribution < -0.4 is 0 Å². The van der Waals surface area contributed by atoms with Gasteiger partial charge in [0.05, 0.1) is 0 Å². The van der Waals surface area contributed by atoms with Crippen molar-refractivity contribution in [2.75, 3.05) is 0 Å². The monoisotopic (exact) mass is 261 g/mol. The van der Waals surface area contributed by atoms with Crippen LogP contribution in [0.25, 0.3) is 5.82 Å². The van der Waals surface area contributed by atoms with Gasteiger partial charge in [0.2, 0.25) is 0 Å². The van der Waals surface area contributed by atoms with Crippen LogP contribution in [0.5, 0.6) is 0 Å². The second-order valence-corrected chi connectivity index (χ2v) is 3.90. The van der Waals surface area contributed by atoms with Crippen LogP contribution in [0, 0.1) is 0 Å². The molecule has 3 rings (SSSR count). The second kappa shape index (κ2) is 4.53. The van der Waals surface area contributed by atoms with E-state index in [2.05, 4.69) is 25.1 Å². The summed E-state index contributed by atoms with van der Waals surface area (Å²) in [5, 5.41) is 8.70. The van der Waals surface area contributed by atoms with E-state index in [0.29, 0.717) is 23.3 Å². The maximum atomic E-state index is 5.82. The third-order valence-corrected chi connectivity index (χ3v) is 2.45. The molecule has 0 radical (unpaired) electrons. The Balaban J connectivity index is 1.85. The second-order valence-electron chi connectivity index (χ2n) is 3.52. The molecule has 0 N–H and O–H groups in total. The van der Waals surface area contributed by atoms with Gasteiger partial charge in [-0.2, -0.15) is 5.10 Å². The molecule has 3 aromatic rings. The number of hydrogen-bond donors (Lipinski definition) is 0. The Kier molecular flexibility index (Phi) is 2.73. The fourth-order valence-corrected chi connectivity index (χ4v) is 1.62. The van der Waals surface area contributed by atoms with Crippen LogP contribution in [0.15, 0.2) is 37.2 Å². The molecule has 0 saturated heterocycles. The highest BCUT2D eigenvalue weighted by Gasteiger charge is 2.05. The summed E-state index contributed by atoms with van der Waals surface area (Å²) in [6.07, 6.45) is 4.67. The molecule has 0 aromatic carbocycles. The minimum absolute atomic E-state index is 0.417. The maximum absolute atomic E-state index is 5.82. The predicted molar refractivity (Wildman–Crippen MR) is 63.3 cm³/mol. The van der Waals surface area contributed by atoms with Crippen molar-refractivity contribution in [2.24, 2.45) is 0 Å². The number of aromatic nitrogens is 7. The summed E-state index contributed by atoms with van der Waals surface area (Å²) in [5.41, 5.74) is 0. The highest BCUT2D eigenvalue weighted by atomic mass is 35.5. The maximum Gasteiger partial charge on any atom is 0.172 e. The average Bonchev–Trinajstić information content (AvgIpc) is 3.01. The Morgan fingerprint density at radius 2 is 2.17 bits per heavy atom. The van der Waals surface area contributed by atoms with E-state index in [0.717, 1.165) is 0 Å². The molecule has 18 heavy (non-hydrogen) atoms. The molecule has 0 atom stereocenters. The minimum Gasteiger partial charge on any atom is -0.245 e. The van der Waals surface area contributed by atoms with Crippen LogP contribution >= 0.6 is 11.6 Å². The van der Waals surface area contributed by atoms with Crippen LogP contribution in [0.1, 0.15) is 5.82 Å². The fraction of sp³-hybridized carbons (Fsp3) is 0.100. The molecule has 0 aliphatic heterocycles. The van der Waals surface area contributed by atoms with Gasteiger partial charge in [0.1, 0.15) is 30.7 Å². The van der Waals surface area contributed by atoms with Crippen molar-refractivity contribution in [2.45, 2.75) is 6.54 Å². The number of hydrogen-bond acceptors (Lipinski definition) is 5. The first-order chi connectivity index (χ1) is 8.81. The number of nitrogens with zero attached hydrogens (tertiary/aromatic N) is 7. The van der Waals surface area contributed by atoms with Crippen LogP contribution in [-0.4, -0.2) is 34.5 Å². The number of pyridine rings is 1. The van der Waals surface area contributed by atoms with Gasteiger partial charge in [-0.15, -0.1) is 5.10 Å². The fourth-order valence-electron chi connectivity index (χ4n) is 1.46. The van der Waals surface area contributed by atoms with E-state index in [4.69, 9.17) is 11.6 Å². The molecule has 0 aliphatic rings. The lowest BCUT2D eigenvalue weighted by Crippen LogP contribution is -2.04. The first-order valence-electron chi connectivity index (χ1n) is 5.17. The minimum atomic E-state index is 0.417. The molecule has 0 saturated carbocycles. The summed E-state index contributed by atoms with van der Waals surface area (Å²) in [6.45, 7) is 0.466. The van der Waals surface area contributed by atoms with E-state index in [-0.39, 0.29) is 0 Å². The first kappa shape index (κ1) is 10.8. The van der Waals surface area contributed by atoms with Gasteiger partial charge in [0, 0.05) is 0 Å². The van der Waals surface area contributed by atoms with Crippen molar-refractivity contribution in [3.8, 4) is 5.82 Å². The van der Waals surface area contributed by atoms with Crippen molar-refractivity contribution < 1.29 is 0 Å². The van der Waals surface area contributed by atoms with Crippen molar-refractivity contribution in [3.05, 3.63) is 48.2 Å². The molecule has 8 heteroatoms. The van der Waals surface area contributed by atoms with Crippen molar-refractivity contribution in [1.82, 2.24) is 34.5 Å². The number of rotatable bonds is 3. The van der Waals surface area contributed by atoms with Crippen molar-refractivity contribution in [1.29, 1.82) is 0 Å². The summed E-state index contributed by atoms with van der Waals surface area (Å²) < 4.78 is 3.21. The summed E-state index contributed by atoms with van der Waals surface area (Å²) in [5.74, 6) is 1.25. The van der Waals surface area contributed by atoms with Gasteiger partial charge in [0.25, 0.3) is 0 Å². The van der Waals surface area contributed by atoms with Gasteiger partial charge < -0.3 is 0 Å². The van der Waals surface area contributed by atoms with Gasteiger partial charge in [-0.25, -0.2) is 24.3 Å². The van der Waals surface area contributed by atoms with E-state index in [9.17, 15) is 0 Å². The van der Waals surface area contributed by atoms with E-state index in [1.165, 1.54) is 6.33 Å². The van der Waals surface area contributed by atoms with Gasteiger partial charge in [-0.3, -0.25) is 0 Å². The van der Waals surface area contributed by atoms with Gasteiger partial charge >= 0.3 is 0 Å². The molecule has 3 aromatic heterocycles. The lowest BCUT2D eigenvalue weighted by molar-refractivity contribution is 0.649. The quantitative estimate of drug-likeness (QED) is 0.657. The predicted octanol–water partition coefficient (Wildman–Crippen LogP) is 0.955. The molecule has 7 nitrogen and oxygen atoms in total. The lowest BCUT2D eigenvalue weighted by Gasteiger charge is -1.98. The summed E-state index contributed by atoms with van der Waals surface area (Å²) >= 11 is 5.82. The van der Waals surface area contributed by atoms with Crippen LogP contribution in [0.3, 0.4) is 0 Å². The third kappa shape index (κ3) is 2.21. The van der Waals surface area contributed by atoms with Crippen LogP contribution in [-0.2, 0) is 6.54 Å².